The van der Waals surface area contributed by atoms with Crippen LogP contribution in [0.15, 0.2) is 0 Å². The molecule has 0 radical (unpaired) electrons. The van der Waals surface area contributed by atoms with Crippen molar-refractivity contribution in [2.45, 2.75) is 43.9 Å². The fourth-order valence-corrected chi connectivity index (χ4v) is 4.53. The Morgan fingerprint density at radius 3 is 2.24 bits per heavy atom. The molecule has 6 nitrogen and oxygen atoms in total. The third-order valence-corrected chi connectivity index (χ3v) is 8.13. The molecule has 0 amide bonds. The van der Waals surface area contributed by atoms with Gasteiger partial charge < -0.3 is 5.32 Å². The first-order valence-electron chi connectivity index (χ1n) is 7.21. The van der Waals surface area contributed by atoms with Crippen molar-refractivity contribution in [3.63, 3.8) is 0 Å². The van der Waals surface area contributed by atoms with Crippen LogP contribution >= 0.6 is 0 Å². The Bertz CT molecular complexity index is 555. The van der Waals surface area contributed by atoms with E-state index in [4.69, 9.17) is 0 Å². The molecule has 2 atom stereocenters. The quantitative estimate of drug-likeness (QED) is 0.759. The molecular weight excluding hydrogens is 312 g/mol. The highest BCUT2D eigenvalue weighted by molar-refractivity contribution is 7.92. The Morgan fingerprint density at radius 2 is 1.81 bits per heavy atom. The minimum absolute atomic E-state index is 0.187. The Balaban J connectivity index is 2.83. The Morgan fingerprint density at radius 1 is 1.24 bits per heavy atom. The molecule has 126 valence electrons. The maximum atomic E-state index is 12.0. The molecule has 0 aromatic carbocycles. The van der Waals surface area contributed by atoms with Gasteiger partial charge in [0.15, 0.2) is 9.84 Å². The Labute approximate surface area is 129 Å². The summed E-state index contributed by atoms with van der Waals surface area (Å²) in [6.45, 7) is 4.49. The maximum absolute atomic E-state index is 12.0. The fourth-order valence-electron chi connectivity index (χ4n) is 2.86. The molecule has 1 aliphatic rings. The van der Waals surface area contributed by atoms with E-state index in [1.165, 1.54) is 16.8 Å². The van der Waals surface area contributed by atoms with Crippen LogP contribution in [0.25, 0.3) is 0 Å². The lowest BCUT2D eigenvalue weighted by atomic mass is 9.87. The molecule has 0 spiro atoms. The molecule has 0 bridgehead atoms. The number of rotatable bonds is 6. The van der Waals surface area contributed by atoms with E-state index in [0.717, 1.165) is 12.8 Å². The summed E-state index contributed by atoms with van der Waals surface area (Å²) < 4.78 is 47.9. The third-order valence-electron chi connectivity index (χ3n) is 4.66. The van der Waals surface area contributed by atoms with Crippen LogP contribution in [-0.2, 0) is 19.9 Å². The van der Waals surface area contributed by atoms with Crippen LogP contribution in [0.3, 0.4) is 0 Å². The molecule has 1 rings (SSSR count). The highest BCUT2D eigenvalue weighted by Crippen LogP contribution is 2.29. The summed E-state index contributed by atoms with van der Waals surface area (Å²) in [4.78, 5) is 0. The smallest absolute Gasteiger partial charge is 0.211 e. The van der Waals surface area contributed by atoms with Crippen LogP contribution < -0.4 is 5.32 Å². The van der Waals surface area contributed by atoms with Crippen molar-refractivity contribution in [1.82, 2.24) is 9.62 Å². The molecule has 1 saturated heterocycles. The third kappa shape index (κ3) is 4.64. The molecular formula is C13H28N2O4S2. The first-order chi connectivity index (χ1) is 9.39. The average Bonchev–Trinajstić information content (AvgIpc) is 2.33. The predicted molar refractivity (Wildman–Crippen MR) is 85.5 cm³/mol. The van der Waals surface area contributed by atoms with E-state index >= 15 is 0 Å². The molecule has 1 fully saturated rings. The van der Waals surface area contributed by atoms with Crippen LogP contribution in [0.5, 0.6) is 0 Å². The van der Waals surface area contributed by atoms with Gasteiger partial charge in [-0.2, -0.15) is 0 Å². The zero-order valence-electron chi connectivity index (χ0n) is 13.6. The van der Waals surface area contributed by atoms with Gasteiger partial charge in [0.1, 0.15) is 0 Å². The van der Waals surface area contributed by atoms with E-state index in [2.05, 4.69) is 5.32 Å². The number of hydrogen-bond acceptors (Lipinski definition) is 5. The van der Waals surface area contributed by atoms with Crippen molar-refractivity contribution in [1.29, 1.82) is 0 Å². The minimum Gasteiger partial charge on any atom is -0.315 e. The van der Waals surface area contributed by atoms with Crippen molar-refractivity contribution in [3.8, 4) is 0 Å². The predicted octanol–water partition coefficient (Wildman–Crippen LogP) is 0.459. The number of hydrogen-bond donors (Lipinski definition) is 1. The van der Waals surface area contributed by atoms with Gasteiger partial charge in [-0.05, 0) is 46.1 Å². The zero-order valence-corrected chi connectivity index (χ0v) is 15.2. The van der Waals surface area contributed by atoms with Crippen LogP contribution in [0.1, 0.15) is 33.1 Å². The summed E-state index contributed by atoms with van der Waals surface area (Å²) in [5.74, 6) is 0.187. The van der Waals surface area contributed by atoms with E-state index in [9.17, 15) is 16.8 Å². The lowest BCUT2D eigenvalue weighted by Gasteiger charge is -2.38. The van der Waals surface area contributed by atoms with Gasteiger partial charge in [-0.1, -0.05) is 0 Å². The lowest BCUT2D eigenvalue weighted by Crippen LogP contribution is -2.52. The van der Waals surface area contributed by atoms with Crippen molar-refractivity contribution < 1.29 is 16.8 Å². The standard InChI is InChI=1S/C13H28N2O4S2/c1-13(2,20(4,16)17)12(14-3)9-11-7-6-8-15(10-11)21(5,18)19/h11-12,14H,6-10H2,1-5H3. The first kappa shape index (κ1) is 18.9. The van der Waals surface area contributed by atoms with E-state index in [-0.39, 0.29) is 12.0 Å². The molecule has 1 heterocycles. The number of nitrogens with zero attached hydrogens (tertiary/aromatic N) is 1. The average molecular weight is 341 g/mol. The molecule has 8 heteroatoms. The molecule has 2 unspecified atom stereocenters. The maximum Gasteiger partial charge on any atom is 0.211 e. The van der Waals surface area contributed by atoms with Crippen LogP contribution in [0, 0.1) is 5.92 Å². The first-order valence-corrected chi connectivity index (χ1v) is 11.0. The summed E-state index contributed by atoms with van der Waals surface area (Å²) >= 11 is 0. The lowest BCUT2D eigenvalue weighted by molar-refractivity contribution is 0.229. The van der Waals surface area contributed by atoms with Gasteiger partial charge >= 0.3 is 0 Å². The largest absolute Gasteiger partial charge is 0.315 e. The van der Waals surface area contributed by atoms with E-state index in [1.807, 2.05) is 0 Å². The summed E-state index contributed by atoms with van der Waals surface area (Å²) in [6, 6.07) is -0.197. The monoisotopic (exact) mass is 340 g/mol. The van der Waals surface area contributed by atoms with Crippen molar-refractivity contribution >= 4 is 19.9 Å². The van der Waals surface area contributed by atoms with Gasteiger partial charge in [0, 0.05) is 25.4 Å². The topological polar surface area (TPSA) is 83.6 Å². The number of nitrogens with one attached hydrogen (secondary N) is 1. The van der Waals surface area contributed by atoms with Crippen molar-refractivity contribution in [3.05, 3.63) is 0 Å². The van der Waals surface area contributed by atoms with Crippen LogP contribution in [0.2, 0.25) is 0 Å². The summed E-state index contributed by atoms with van der Waals surface area (Å²) in [5.41, 5.74) is 0. The van der Waals surface area contributed by atoms with Crippen LogP contribution in [0.4, 0.5) is 0 Å². The van der Waals surface area contributed by atoms with Crippen molar-refractivity contribution in [2.24, 2.45) is 5.92 Å². The van der Waals surface area contributed by atoms with Gasteiger partial charge in [0.2, 0.25) is 10.0 Å². The second-order valence-electron chi connectivity index (χ2n) is 6.58. The second kappa shape index (κ2) is 6.52. The molecule has 21 heavy (non-hydrogen) atoms. The fraction of sp³-hybridized carbons (Fsp3) is 1.00. The SMILES string of the molecule is CNC(CC1CCCN(S(C)(=O)=O)C1)C(C)(C)S(C)(=O)=O. The summed E-state index contributed by atoms with van der Waals surface area (Å²) in [5, 5.41) is 3.10. The van der Waals surface area contributed by atoms with E-state index < -0.39 is 24.6 Å². The van der Waals surface area contributed by atoms with Gasteiger partial charge in [-0.25, -0.2) is 21.1 Å². The number of sulfonamides is 1. The molecule has 1 aliphatic heterocycles. The Hall–Kier alpha value is -0.180. The van der Waals surface area contributed by atoms with Gasteiger partial charge in [-0.15, -0.1) is 0 Å². The highest BCUT2D eigenvalue weighted by atomic mass is 32.2. The van der Waals surface area contributed by atoms with Crippen molar-refractivity contribution in [2.75, 3.05) is 32.6 Å². The van der Waals surface area contributed by atoms with Gasteiger partial charge in [0.05, 0.1) is 11.0 Å². The Kier molecular flexibility index (Phi) is 5.86. The molecule has 1 N–H and O–H groups in total. The normalized spacial score (nSPS) is 24.0. The zero-order chi connectivity index (χ0) is 16.5. The summed E-state index contributed by atoms with van der Waals surface area (Å²) in [7, 11) is -4.61. The van der Waals surface area contributed by atoms with Crippen LogP contribution in [-0.4, -0.2) is 64.6 Å². The van der Waals surface area contributed by atoms with Gasteiger partial charge in [-0.3, -0.25) is 0 Å². The van der Waals surface area contributed by atoms with Gasteiger partial charge in [0.25, 0.3) is 0 Å². The molecule has 0 aromatic heterocycles. The number of sulfone groups is 1. The summed E-state index contributed by atoms with van der Waals surface area (Å²) in [6.07, 6.45) is 4.90. The minimum atomic E-state index is -3.20. The molecule has 0 aromatic rings. The second-order valence-corrected chi connectivity index (χ2v) is 11.2. The molecule has 0 saturated carbocycles. The molecule has 0 aliphatic carbocycles. The highest BCUT2D eigenvalue weighted by Gasteiger charge is 2.40. The van der Waals surface area contributed by atoms with E-state index in [0.29, 0.717) is 19.5 Å². The van der Waals surface area contributed by atoms with E-state index in [1.54, 1.807) is 20.9 Å². The number of piperidine rings is 1.